The topological polar surface area (TPSA) is 86.3 Å². The van der Waals surface area contributed by atoms with Crippen LogP contribution in [0.15, 0.2) is 24.7 Å². The van der Waals surface area contributed by atoms with E-state index in [1.807, 2.05) is 16.9 Å². The van der Waals surface area contributed by atoms with Crippen LogP contribution >= 0.6 is 11.6 Å². The van der Waals surface area contributed by atoms with Gasteiger partial charge in [-0.05, 0) is 31.7 Å². The first-order chi connectivity index (χ1) is 13.1. The SMILES string of the molecule is NC(=O)[C@@H]1CCCN(c2cc(Cl)ncc2-c2cnn(C3CCOCC3)c2)C1. The first kappa shape index (κ1) is 18.3. The minimum Gasteiger partial charge on any atom is -0.381 e. The second-order valence-corrected chi connectivity index (χ2v) is 7.65. The van der Waals surface area contributed by atoms with Crippen LogP contribution in [0.1, 0.15) is 31.7 Å². The van der Waals surface area contributed by atoms with E-state index in [0.29, 0.717) is 17.7 Å². The molecule has 7 nitrogen and oxygen atoms in total. The predicted octanol–water partition coefficient (Wildman–Crippen LogP) is 2.65. The van der Waals surface area contributed by atoms with Gasteiger partial charge in [-0.3, -0.25) is 9.48 Å². The number of piperidine rings is 1. The van der Waals surface area contributed by atoms with Gasteiger partial charge in [-0.15, -0.1) is 0 Å². The lowest BCUT2D eigenvalue weighted by Crippen LogP contribution is -2.41. The van der Waals surface area contributed by atoms with E-state index >= 15 is 0 Å². The highest BCUT2D eigenvalue weighted by molar-refractivity contribution is 6.29. The number of rotatable bonds is 4. The fraction of sp³-hybridized carbons (Fsp3) is 0.526. The molecule has 0 bridgehead atoms. The van der Waals surface area contributed by atoms with Crippen LogP contribution in [0, 0.1) is 5.92 Å². The van der Waals surface area contributed by atoms with Crippen LogP contribution in [-0.4, -0.2) is 47.0 Å². The Balaban J connectivity index is 1.63. The van der Waals surface area contributed by atoms with Crippen LogP contribution in [-0.2, 0) is 9.53 Å². The van der Waals surface area contributed by atoms with Gasteiger partial charge in [0.25, 0.3) is 0 Å². The molecule has 0 aromatic carbocycles. The summed E-state index contributed by atoms with van der Waals surface area (Å²) in [6.45, 7) is 3.02. The third kappa shape index (κ3) is 3.94. The van der Waals surface area contributed by atoms with E-state index in [-0.39, 0.29) is 11.8 Å². The van der Waals surface area contributed by atoms with Crippen molar-refractivity contribution in [3.63, 3.8) is 0 Å². The molecule has 0 spiro atoms. The van der Waals surface area contributed by atoms with E-state index in [2.05, 4.69) is 21.2 Å². The zero-order chi connectivity index (χ0) is 18.8. The summed E-state index contributed by atoms with van der Waals surface area (Å²) in [4.78, 5) is 18.1. The summed E-state index contributed by atoms with van der Waals surface area (Å²) in [6.07, 6.45) is 9.44. The lowest BCUT2D eigenvalue weighted by atomic mass is 9.96. The number of anilines is 1. The van der Waals surface area contributed by atoms with E-state index in [4.69, 9.17) is 22.1 Å². The van der Waals surface area contributed by atoms with Gasteiger partial charge in [0, 0.05) is 55.5 Å². The van der Waals surface area contributed by atoms with Gasteiger partial charge in [-0.2, -0.15) is 5.10 Å². The number of aromatic nitrogens is 3. The van der Waals surface area contributed by atoms with Gasteiger partial charge in [-0.25, -0.2) is 4.98 Å². The number of pyridine rings is 1. The first-order valence-electron chi connectivity index (χ1n) is 9.44. The van der Waals surface area contributed by atoms with E-state index in [0.717, 1.165) is 62.3 Å². The van der Waals surface area contributed by atoms with E-state index in [1.54, 1.807) is 6.20 Å². The van der Waals surface area contributed by atoms with Crippen molar-refractivity contribution in [1.29, 1.82) is 0 Å². The first-order valence-corrected chi connectivity index (χ1v) is 9.81. The molecule has 27 heavy (non-hydrogen) atoms. The van der Waals surface area contributed by atoms with Crippen molar-refractivity contribution >= 4 is 23.2 Å². The normalized spacial score (nSPS) is 21.4. The highest BCUT2D eigenvalue weighted by atomic mass is 35.5. The van der Waals surface area contributed by atoms with Crippen LogP contribution in [0.25, 0.3) is 11.1 Å². The molecular formula is C19H24ClN5O2. The Kier molecular flexibility index (Phi) is 5.31. The third-order valence-corrected chi connectivity index (χ3v) is 5.70. The van der Waals surface area contributed by atoms with Gasteiger partial charge < -0.3 is 15.4 Å². The standard InChI is InChI=1S/C19H24ClN5O2/c20-18-8-17(24-5-1-2-13(11-24)19(21)26)16(10-22-18)14-9-23-25(12-14)15-3-6-27-7-4-15/h8-10,12-13,15H,1-7,11H2,(H2,21,26)/t13-/m1/s1. The molecule has 0 unspecified atom stereocenters. The second kappa shape index (κ2) is 7.86. The van der Waals surface area contributed by atoms with Crippen molar-refractivity contribution in [1.82, 2.24) is 14.8 Å². The Morgan fingerprint density at radius 2 is 2.07 bits per heavy atom. The quantitative estimate of drug-likeness (QED) is 0.812. The summed E-state index contributed by atoms with van der Waals surface area (Å²) >= 11 is 6.19. The fourth-order valence-electron chi connectivity index (χ4n) is 3.96. The zero-order valence-corrected chi connectivity index (χ0v) is 15.9. The monoisotopic (exact) mass is 389 g/mol. The molecule has 0 aliphatic carbocycles. The third-order valence-electron chi connectivity index (χ3n) is 5.49. The predicted molar refractivity (Wildman–Crippen MR) is 104 cm³/mol. The summed E-state index contributed by atoms with van der Waals surface area (Å²) in [5.41, 5.74) is 8.50. The molecule has 2 aliphatic rings. The zero-order valence-electron chi connectivity index (χ0n) is 15.2. The van der Waals surface area contributed by atoms with Gasteiger partial charge in [0.1, 0.15) is 5.15 Å². The lowest BCUT2D eigenvalue weighted by molar-refractivity contribution is -0.122. The number of carbonyl (C=O) groups is 1. The summed E-state index contributed by atoms with van der Waals surface area (Å²) in [5.74, 6) is -0.378. The average Bonchev–Trinajstić information content (AvgIpc) is 3.19. The molecule has 4 heterocycles. The van der Waals surface area contributed by atoms with Crippen molar-refractivity contribution in [3.8, 4) is 11.1 Å². The average molecular weight is 390 g/mol. The van der Waals surface area contributed by atoms with Gasteiger partial charge in [0.05, 0.1) is 18.2 Å². The molecule has 144 valence electrons. The summed E-state index contributed by atoms with van der Waals surface area (Å²) < 4.78 is 7.47. The number of primary amides is 1. The molecule has 2 aliphatic heterocycles. The molecule has 1 amide bonds. The van der Waals surface area contributed by atoms with Gasteiger partial charge >= 0.3 is 0 Å². The Morgan fingerprint density at radius 3 is 2.85 bits per heavy atom. The number of amides is 1. The number of nitrogens with two attached hydrogens (primary N) is 1. The van der Waals surface area contributed by atoms with Gasteiger partial charge in [-0.1, -0.05) is 11.6 Å². The van der Waals surface area contributed by atoms with Crippen LogP contribution in [0.4, 0.5) is 5.69 Å². The minimum absolute atomic E-state index is 0.136. The molecule has 2 N–H and O–H groups in total. The van der Waals surface area contributed by atoms with Crippen molar-refractivity contribution < 1.29 is 9.53 Å². The fourth-order valence-corrected chi connectivity index (χ4v) is 4.11. The number of nitrogens with zero attached hydrogens (tertiary/aromatic N) is 4. The second-order valence-electron chi connectivity index (χ2n) is 7.26. The van der Waals surface area contributed by atoms with Crippen molar-refractivity contribution in [2.24, 2.45) is 11.7 Å². The Labute approximate surface area is 163 Å². The minimum atomic E-state index is -0.242. The molecular weight excluding hydrogens is 366 g/mol. The van der Waals surface area contributed by atoms with Gasteiger partial charge in [0.2, 0.25) is 5.91 Å². The van der Waals surface area contributed by atoms with Crippen LogP contribution < -0.4 is 10.6 Å². The van der Waals surface area contributed by atoms with Gasteiger partial charge in [0.15, 0.2) is 0 Å². The largest absolute Gasteiger partial charge is 0.381 e. The van der Waals surface area contributed by atoms with Crippen molar-refractivity contribution in [2.75, 3.05) is 31.2 Å². The van der Waals surface area contributed by atoms with Crippen LogP contribution in [0.2, 0.25) is 5.15 Å². The number of ether oxygens (including phenoxy) is 1. The number of hydrogen-bond donors (Lipinski definition) is 1. The highest BCUT2D eigenvalue weighted by Gasteiger charge is 2.26. The Morgan fingerprint density at radius 1 is 1.26 bits per heavy atom. The Hall–Kier alpha value is -2.12. The van der Waals surface area contributed by atoms with E-state index in [9.17, 15) is 4.79 Å². The van der Waals surface area contributed by atoms with Crippen LogP contribution in [0.5, 0.6) is 0 Å². The molecule has 1 atom stereocenters. The molecule has 4 rings (SSSR count). The maximum atomic E-state index is 11.7. The number of hydrogen-bond acceptors (Lipinski definition) is 5. The molecule has 0 saturated carbocycles. The van der Waals surface area contributed by atoms with E-state index < -0.39 is 0 Å². The molecule has 8 heteroatoms. The van der Waals surface area contributed by atoms with Crippen molar-refractivity contribution in [2.45, 2.75) is 31.7 Å². The van der Waals surface area contributed by atoms with E-state index in [1.165, 1.54) is 0 Å². The number of halogens is 1. The van der Waals surface area contributed by atoms with Crippen LogP contribution in [0.3, 0.4) is 0 Å². The summed E-state index contributed by atoms with van der Waals surface area (Å²) in [6, 6.07) is 2.23. The molecule has 2 aromatic rings. The number of carbonyl (C=O) groups excluding carboxylic acids is 1. The molecule has 2 aromatic heterocycles. The van der Waals surface area contributed by atoms with Crippen molar-refractivity contribution in [3.05, 3.63) is 29.8 Å². The smallest absolute Gasteiger partial charge is 0.222 e. The molecule has 2 fully saturated rings. The molecule has 0 radical (unpaired) electrons. The molecule has 2 saturated heterocycles. The lowest BCUT2D eigenvalue weighted by Gasteiger charge is -2.34. The summed E-state index contributed by atoms with van der Waals surface area (Å²) in [7, 11) is 0. The maximum Gasteiger partial charge on any atom is 0.222 e. The Bertz CT molecular complexity index is 818. The summed E-state index contributed by atoms with van der Waals surface area (Å²) in [5, 5.41) is 5.01. The maximum absolute atomic E-state index is 11.7. The highest BCUT2D eigenvalue weighted by Crippen LogP contribution is 2.35.